The minimum Gasteiger partial charge on any atom is -0.486 e. The molecule has 1 aromatic heterocycles. The molecular formula is C18H21N5O4. The van der Waals surface area contributed by atoms with Crippen LogP contribution in [-0.4, -0.2) is 58.6 Å². The first-order valence-electron chi connectivity index (χ1n) is 9.24. The number of carbonyl (C=O) groups excluding carboxylic acids is 1. The van der Waals surface area contributed by atoms with Crippen LogP contribution in [0.3, 0.4) is 0 Å². The number of ether oxygens (including phenoxy) is 3. The molecule has 2 aromatic rings. The number of benzene rings is 1. The number of nitrogens with zero attached hydrogens (tertiary/aromatic N) is 4. The van der Waals surface area contributed by atoms with Crippen LogP contribution in [0.1, 0.15) is 30.8 Å². The summed E-state index contributed by atoms with van der Waals surface area (Å²) in [6.45, 7) is 3.07. The van der Waals surface area contributed by atoms with E-state index >= 15 is 0 Å². The number of anilines is 1. The third-order valence-corrected chi connectivity index (χ3v) is 5.15. The molecule has 0 spiro atoms. The number of amides is 2. The minimum atomic E-state index is -0.130. The fourth-order valence-electron chi connectivity index (χ4n) is 3.67. The van der Waals surface area contributed by atoms with E-state index < -0.39 is 0 Å². The van der Waals surface area contributed by atoms with E-state index in [1.54, 1.807) is 17.3 Å². The van der Waals surface area contributed by atoms with E-state index in [4.69, 9.17) is 14.2 Å². The minimum absolute atomic E-state index is 0.0214. The maximum atomic E-state index is 12.5. The zero-order valence-electron chi connectivity index (χ0n) is 14.8. The summed E-state index contributed by atoms with van der Waals surface area (Å²) in [6.07, 6.45) is 3.78. The zero-order chi connectivity index (χ0) is 18.2. The number of hydrogen-bond acceptors (Lipinski definition) is 6. The van der Waals surface area contributed by atoms with Crippen LogP contribution in [0, 0.1) is 0 Å². The van der Waals surface area contributed by atoms with Crippen molar-refractivity contribution in [1.29, 1.82) is 0 Å². The molecule has 0 bridgehead atoms. The summed E-state index contributed by atoms with van der Waals surface area (Å²) in [5.41, 5.74) is 0.692. The molecule has 9 heteroatoms. The molecule has 0 aliphatic carbocycles. The molecule has 0 saturated carbocycles. The van der Waals surface area contributed by atoms with Gasteiger partial charge in [-0.1, -0.05) is 0 Å². The summed E-state index contributed by atoms with van der Waals surface area (Å²) in [5, 5.41) is 11.2. The van der Waals surface area contributed by atoms with Gasteiger partial charge in [0, 0.05) is 31.5 Å². The van der Waals surface area contributed by atoms with Gasteiger partial charge < -0.3 is 29.0 Å². The number of likely N-dealkylation sites (tertiary alicyclic amines) is 1. The Balaban J connectivity index is 1.20. The predicted octanol–water partition coefficient (Wildman–Crippen LogP) is 1.99. The Hall–Kier alpha value is -2.81. The van der Waals surface area contributed by atoms with Gasteiger partial charge in [-0.25, -0.2) is 4.79 Å². The van der Waals surface area contributed by atoms with Gasteiger partial charge in [-0.2, -0.15) is 0 Å². The molecular weight excluding hydrogens is 350 g/mol. The third kappa shape index (κ3) is 3.08. The van der Waals surface area contributed by atoms with Crippen molar-refractivity contribution in [2.45, 2.75) is 25.0 Å². The van der Waals surface area contributed by atoms with Gasteiger partial charge in [0.25, 0.3) is 0 Å². The van der Waals surface area contributed by atoms with E-state index in [2.05, 4.69) is 15.5 Å². The fourth-order valence-corrected chi connectivity index (χ4v) is 3.67. The first-order chi connectivity index (χ1) is 13.3. The molecule has 2 fully saturated rings. The monoisotopic (exact) mass is 371 g/mol. The Morgan fingerprint density at radius 1 is 1.15 bits per heavy atom. The molecule has 5 rings (SSSR count). The number of rotatable bonds is 3. The van der Waals surface area contributed by atoms with Crippen molar-refractivity contribution < 1.29 is 19.0 Å². The molecule has 4 heterocycles. The Bertz CT molecular complexity index is 842. The Kier molecular flexibility index (Phi) is 4.08. The number of hydrogen-bond donors (Lipinski definition) is 1. The lowest BCUT2D eigenvalue weighted by molar-refractivity contribution is 0.0888. The molecule has 1 N–H and O–H groups in total. The van der Waals surface area contributed by atoms with Crippen LogP contribution in [0.5, 0.6) is 11.5 Å². The quantitative estimate of drug-likeness (QED) is 0.887. The SMILES string of the molecule is O=C(Nc1ccc2c(c1)OCCO2)N1CC(n2cnnc2[C@@H]2CCCO2)C1. The van der Waals surface area contributed by atoms with Crippen LogP contribution in [-0.2, 0) is 4.74 Å². The summed E-state index contributed by atoms with van der Waals surface area (Å²) >= 11 is 0. The van der Waals surface area contributed by atoms with Crippen LogP contribution in [0.15, 0.2) is 24.5 Å². The van der Waals surface area contributed by atoms with E-state index in [0.29, 0.717) is 43.5 Å². The standard InChI is InChI=1S/C18H21N5O4/c24-18(20-12-3-4-14-16(8-12)27-7-6-26-14)22-9-13(10-22)23-11-19-21-17(23)15-2-1-5-25-15/h3-4,8,11,13,15H,1-2,5-7,9-10H2,(H,20,24)/t15-/m0/s1. The van der Waals surface area contributed by atoms with Gasteiger partial charge in [-0.15, -0.1) is 10.2 Å². The Labute approximate surface area is 156 Å². The molecule has 3 aliphatic heterocycles. The first-order valence-corrected chi connectivity index (χ1v) is 9.24. The van der Waals surface area contributed by atoms with Crippen LogP contribution in [0.4, 0.5) is 10.5 Å². The number of fused-ring (bicyclic) bond motifs is 1. The highest BCUT2D eigenvalue weighted by atomic mass is 16.6. The second-order valence-electron chi connectivity index (χ2n) is 6.95. The fraction of sp³-hybridized carbons (Fsp3) is 0.500. The molecule has 27 heavy (non-hydrogen) atoms. The van der Waals surface area contributed by atoms with Crippen LogP contribution >= 0.6 is 0 Å². The van der Waals surface area contributed by atoms with Gasteiger partial charge in [0.2, 0.25) is 0 Å². The lowest BCUT2D eigenvalue weighted by Crippen LogP contribution is -2.52. The van der Waals surface area contributed by atoms with Crippen molar-refractivity contribution in [3.05, 3.63) is 30.4 Å². The summed E-state index contributed by atoms with van der Waals surface area (Å²) in [7, 11) is 0. The average Bonchev–Trinajstić information content (AvgIpc) is 3.32. The molecule has 1 aromatic carbocycles. The molecule has 2 amide bonds. The van der Waals surface area contributed by atoms with Crippen molar-refractivity contribution >= 4 is 11.7 Å². The molecule has 3 aliphatic rings. The highest BCUT2D eigenvalue weighted by Gasteiger charge is 2.35. The summed E-state index contributed by atoms with van der Waals surface area (Å²) in [5.74, 6) is 2.23. The summed E-state index contributed by atoms with van der Waals surface area (Å²) in [4.78, 5) is 14.3. The second-order valence-corrected chi connectivity index (χ2v) is 6.95. The topological polar surface area (TPSA) is 90.7 Å². The van der Waals surface area contributed by atoms with E-state index in [0.717, 1.165) is 25.3 Å². The van der Waals surface area contributed by atoms with Crippen molar-refractivity contribution in [3.8, 4) is 11.5 Å². The van der Waals surface area contributed by atoms with Gasteiger partial charge in [-0.3, -0.25) is 0 Å². The van der Waals surface area contributed by atoms with E-state index in [9.17, 15) is 4.79 Å². The Morgan fingerprint density at radius 2 is 2.00 bits per heavy atom. The van der Waals surface area contributed by atoms with Gasteiger partial charge in [0.1, 0.15) is 25.6 Å². The first kappa shape index (κ1) is 16.4. The van der Waals surface area contributed by atoms with Crippen molar-refractivity contribution in [2.24, 2.45) is 0 Å². The smallest absolute Gasteiger partial charge is 0.321 e. The number of nitrogens with one attached hydrogen (secondary N) is 1. The lowest BCUT2D eigenvalue weighted by Gasteiger charge is -2.40. The third-order valence-electron chi connectivity index (χ3n) is 5.15. The van der Waals surface area contributed by atoms with Gasteiger partial charge in [-0.05, 0) is 25.0 Å². The van der Waals surface area contributed by atoms with E-state index in [1.807, 2.05) is 16.7 Å². The lowest BCUT2D eigenvalue weighted by atomic mass is 10.1. The average molecular weight is 371 g/mol. The van der Waals surface area contributed by atoms with Crippen LogP contribution in [0.2, 0.25) is 0 Å². The van der Waals surface area contributed by atoms with Crippen LogP contribution < -0.4 is 14.8 Å². The van der Waals surface area contributed by atoms with Gasteiger partial charge in [0.15, 0.2) is 17.3 Å². The number of carbonyl (C=O) groups is 1. The predicted molar refractivity (Wildman–Crippen MR) is 95.0 cm³/mol. The van der Waals surface area contributed by atoms with Crippen molar-refractivity contribution in [2.75, 3.05) is 38.2 Å². The molecule has 2 saturated heterocycles. The molecule has 0 unspecified atom stereocenters. The van der Waals surface area contributed by atoms with Crippen molar-refractivity contribution in [3.63, 3.8) is 0 Å². The molecule has 142 valence electrons. The molecule has 1 atom stereocenters. The van der Waals surface area contributed by atoms with E-state index in [1.165, 1.54) is 0 Å². The molecule has 0 radical (unpaired) electrons. The maximum Gasteiger partial charge on any atom is 0.321 e. The second kappa shape index (κ2) is 6.73. The highest BCUT2D eigenvalue weighted by molar-refractivity contribution is 5.90. The maximum absolute atomic E-state index is 12.5. The number of aromatic nitrogens is 3. The van der Waals surface area contributed by atoms with E-state index in [-0.39, 0.29) is 18.2 Å². The van der Waals surface area contributed by atoms with Gasteiger partial charge in [0.05, 0.1) is 6.04 Å². The Morgan fingerprint density at radius 3 is 2.81 bits per heavy atom. The summed E-state index contributed by atoms with van der Waals surface area (Å²) < 4.78 is 18.8. The zero-order valence-corrected chi connectivity index (χ0v) is 14.8. The van der Waals surface area contributed by atoms with Gasteiger partial charge >= 0.3 is 6.03 Å². The molecule has 9 nitrogen and oxygen atoms in total. The van der Waals surface area contributed by atoms with Crippen molar-refractivity contribution in [1.82, 2.24) is 19.7 Å². The summed E-state index contributed by atoms with van der Waals surface area (Å²) in [6, 6.07) is 5.48. The number of urea groups is 1. The largest absolute Gasteiger partial charge is 0.486 e. The normalized spacial score (nSPS) is 21.8. The van der Waals surface area contributed by atoms with Crippen LogP contribution in [0.25, 0.3) is 0 Å². The highest BCUT2D eigenvalue weighted by Crippen LogP contribution is 2.34.